The summed E-state index contributed by atoms with van der Waals surface area (Å²) in [5.74, 6) is 0.759. The van der Waals surface area contributed by atoms with Gasteiger partial charge in [-0.15, -0.1) is 11.3 Å². The summed E-state index contributed by atoms with van der Waals surface area (Å²) in [5.41, 5.74) is 3.79. The van der Waals surface area contributed by atoms with Crippen molar-refractivity contribution in [1.29, 1.82) is 5.26 Å². The molecule has 0 fully saturated rings. The number of benzene rings is 2. The maximum atomic E-state index is 12.6. The lowest BCUT2D eigenvalue weighted by Gasteiger charge is -2.05. The van der Waals surface area contributed by atoms with Crippen LogP contribution in [-0.4, -0.2) is 17.5 Å². The largest absolute Gasteiger partial charge is 0.494 e. The molecule has 0 bridgehead atoms. The number of hydrogen-bond donors (Lipinski definition) is 1. The van der Waals surface area contributed by atoms with Crippen molar-refractivity contribution in [3.05, 3.63) is 70.1 Å². The molecule has 1 amide bonds. The Bertz CT molecular complexity index is 1120. The van der Waals surface area contributed by atoms with Crippen molar-refractivity contribution in [2.45, 2.75) is 33.6 Å². The normalized spacial score (nSPS) is 11.3. The summed E-state index contributed by atoms with van der Waals surface area (Å²) in [4.78, 5) is 18.2. The first kappa shape index (κ1) is 22.3. The molecule has 2 aromatic carbocycles. The van der Waals surface area contributed by atoms with Crippen molar-refractivity contribution in [1.82, 2.24) is 4.98 Å². The molecule has 0 radical (unpaired) electrons. The minimum absolute atomic E-state index is 0.0350. The van der Waals surface area contributed by atoms with Crippen LogP contribution in [-0.2, 0) is 4.79 Å². The van der Waals surface area contributed by atoms with E-state index in [1.807, 2.05) is 68.4 Å². The quantitative estimate of drug-likeness (QED) is 0.358. The Labute approximate surface area is 187 Å². The van der Waals surface area contributed by atoms with E-state index in [2.05, 4.69) is 24.1 Å². The SMILES string of the molecule is CCOc1ccc(-c2nc(NC(=O)/C(C#N)=C/c3ccc(C(C)C)cc3)sc2C)cc1. The van der Waals surface area contributed by atoms with Crippen LogP contribution < -0.4 is 10.1 Å². The highest BCUT2D eigenvalue weighted by atomic mass is 32.1. The fraction of sp³-hybridized carbons (Fsp3) is 0.240. The first-order valence-electron chi connectivity index (χ1n) is 10.1. The van der Waals surface area contributed by atoms with Crippen LogP contribution in [0.25, 0.3) is 17.3 Å². The number of anilines is 1. The second-order valence-electron chi connectivity index (χ2n) is 7.33. The van der Waals surface area contributed by atoms with Gasteiger partial charge >= 0.3 is 0 Å². The molecule has 6 heteroatoms. The summed E-state index contributed by atoms with van der Waals surface area (Å²) in [6.07, 6.45) is 1.59. The molecule has 31 heavy (non-hydrogen) atoms. The highest BCUT2D eigenvalue weighted by Crippen LogP contribution is 2.31. The highest BCUT2D eigenvalue weighted by Gasteiger charge is 2.15. The van der Waals surface area contributed by atoms with Crippen LogP contribution in [0.15, 0.2) is 54.1 Å². The first-order valence-corrected chi connectivity index (χ1v) is 11.0. The second kappa shape index (κ2) is 10.1. The van der Waals surface area contributed by atoms with Crippen molar-refractivity contribution >= 4 is 28.5 Å². The predicted octanol–water partition coefficient (Wildman–Crippen LogP) is 6.19. The van der Waals surface area contributed by atoms with Gasteiger partial charge in [0.1, 0.15) is 17.4 Å². The van der Waals surface area contributed by atoms with Gasteiger partial charge in [0.15, 0.2) is 5.13 Å². The number of aromatic nitrogens is 1. The van der Waals surface area contributed by atoms with E-state index in [9.17, 15) is 10.1 Å². The average molecular weight is 432 g/mol. The molecule has 0 aliphatic carbocycles. The Hall–Kier alpha value is -3.43. The van der Waals surface area contributed by atoms with Crippen LogP contribution in [0.1, 0.15) is 42.7 Å². The number of nitrogens with one attached hydrogen (secondary N) is 1. The van der Waals surface area contributed by atoms with Crippen LogP contribution in [0.5, 0.6) is 5.75 Å². The number of amides is 1. The van der Waals surface area contributed by atoms with Crippen LogP contribution in [0.4, 0.5) is 5.13 Å². The molecule has 158 valence electrons. The van der Waals surface area contributed by atoms with Gasteiger partial charge in [-0.25, -0.2) is 4.98 Å². The number of hydrogen-bond acceptors (Lipinski definition) is 5. The summed E-state index contributed by atoms with van der Waals surface area (Å²) in [6, 6.07) is 17.5. The van der Waals surface area contributed by atoms with E-state index in [1.165, 1.54) is 16.9 Å². The molecule has 0 saturated heterocycles. The third-order valence-electron chi connectivity index (χ3n) is 4.74. The molecular formula is C25H25N3O2S. The van der Waals surface area contributed by atoms with Crippen LogP contribution >= 0.6 is 11.3 Å². The molecule has 3 rings (SSSR count). The van der Waals surface area contributed by atoms with Gasteiger partial charge in [0.2, 0.25) is 0 Å². The third-order valence-corrected chi connectivity index (χ3v) is 5.62. The molecule has 0 spiro atoms. The molecule has 1 heterocycles. The van der Waals surface area contributed by atoms with E-state index in [0.717, 1.165) is 27.4 Å². The molecule has 1 aromatic heterocycles. The monoisotopic (exact) mass is 431 g/mol. The number of carbonyl (C=O) groups excluding carboxylic acids is 1. The lowest BCUT2D eigenvalue weighted by Crippen LogP contribution is -2.13. The van der Waals surface area contributed by atoms with Crippen molar-refractivity contribution in [2.75, 3.05) is 11.9 Å². The number of ether oxygens (including phenoxy) is 1. The third kappa shape index (κ3) is 5.59. The van der Waals surface area contributed by atoms with Gasteiger partial charge < -0.3 is 4.74 Å². The van der Waals surface area contributed by atoms with Gasteiger partial charge in [0, 0.05) is 10.4 Å². The number of thiazole rings is 1. The first-order chi connectivity index (χ1) is 14.9. The lowest BCUT2D eigenvalue weighted by molar-refractivity contribution is -0.112. The number of aryl methyl sites for hydroxylation is 1. The van der Waals surface area contributed by atoms with E-state index >= 15 is 0 Å². The van der Waals surface area contributed by atoms with E-state index in [4.69, 9.17) is 4.74 Å². The Kier molecular flexibility index (Phi) is 7.22. The van der Waals surface area contributed by atoms with Crippen LogP contribution in [0.2, 0.25) is 0 Å². The van der Waals surface area contributed by atoms with E-state index in [-0.39, 0.29) is 5.57 Å². The predicted molar refractivity (Wildman–Crippen MR) is 126 cm³/mol. The van der Waals surface area contributed by atoms with Gasteiger partial charge in [0.25, 0.3) is 5.91 Å². The van der Waals surface area contributed by atoms with Gasteiger partial charge in [0.05, 0.1) is 12.3 Å². The molecule has 0 aliphatic rings. The summed E-state index contributed by atoms with van der Waals surface area (Å²) >= 11 is 1.38. The minimum atomic E-state index is -0.470. The zero-order valence-corrected chi connectivity index (χ0v) is 18.9. The molecule has 0 saturated carbocycles. The van der Waals surface area contributed by atoms with E-state index in [1.54, 1.807) is 6.08 Å². The Balaban J connectivity index is 1.76. The number of nitrogens with zero attached hydrogens (tertiary/aromatic N) is 2. The maximum Gasteiger partial charge on any atom is 0.268 e. The number of rotatable bonds is 7. The molecule has 3 aromatic rings. The zero-order chi connectivity index (χ0) is 22.4. The molecule has 5 nitrogen and oxygen atoms in total. The standard InChI is InChI=1S/C25H25N3O2S/c1-5-30-22-12-10-20(11-13-22)23-17(4)31-25(27-23)28-24(29)21(15-26)14-18-6-8-19(9-7-18)16(2)3/h6-14,16H,5H2,1-4H3,(H,27,28,29)/b21-14+. The van der Waals surface area contributed by atoms with Gasteiger partial charge in [-0.1, -0.05) is 38.1 Å². The minimum Gasteiger partial charge on any atom is -0.494 e. The fourth-order valence-corrected chi connectivity index (χ4v) is 3.88. The summed E-state index contributed by atoms with van der Waals surface area (Å²) in [6.45, 7) is 8.75. The molecule has 0 atom stereocenters. The van der Waals surface area contributed by atoms with E-state index < -0.39 is 5.91 Å². The Morgan fingerprint density at radius 1 is 1.19 bits per heavy atom. The van der Waals surface area contributed by atoms with Gasteiger partial charge in [-0.3, -0.25) is 10.1 Å². The summed E-state index contributed by atoms with van der Waals surface area (Å²) in [7, 11) is 0. The van der Waals surface area contributed by atoms with Crippen LogP contribution in [0, 0.1) is 18.3 Å². The molecule has 1 N–H and O–H groups in total. The van der Waals surface area contributed by atoms with Gasteiger partial charge in [-0.2, -0.15) is 5.26 Å². The van der Waals surface area contributed by atoms with Crippen molar-refractivity contribution in [2.24, 2.45) is 0 Å². The Morgan fingerprint density at radius 3 is 2.45 bits per heavy atom. The smallest absolute Gasteiger partial charge is 0.268 e. The van der Waals surface area contributed by atoms with Crippen molar-refractivity contribution in [3.8, 4) is 23.1 Å². The molecular weight excluding hydrogens is 406 g/mol. The van der Waals surface area contributed by atoms with Gasteiger partial charge in [-0.05, 0) is 61.2 Å². The average Bonchev–Trinajstić information content (AvgIpc) is 3.12. The fourth-order valence-electron chi connectivity index (χ4n) is 3.05. The topological polar surface area (TPSA) is 75.0 Å². The molecule has 0 unspecified atom stereocenters. The van der Waals surface area contributed by atoms with E-state index in [0.29, 0.717) is 17.7 Å². The Morgan fingerprint density at radius 2 is 1.87 bits per heavy atom. The summed E-state index contributed by atoms with van der Waals surface area (Å²) in [5, 5.41) is 12.7. The summed E-state index contributed by atoms with van der Waals surface area (Å²) < 4.78 is 5.48. The molecule has 0 aliphatic heterocycles. The zero-order valence-electron chi connectivity index (χ0n) is 18.1. The van der Waals surface area contributed by atoms with Crippen molar-refractivity contribution < 1.29 is 9.53 Å². The van der Waals surface area contributed by atoms with Crippen molar-refractivity contribution in [3.63, 3.8) is 0 Å². The maximum absolute atomic E-state index is 12.6. The number of nitriles is 1. The lowest BCUT2D eigenvalue weighted by atomic mass is 10.0. The second-order valence-corrected chi connectivity index (χ2v) is 8.53. The highest BCUT2D eigenvalue weighted by molar-refractivity contribution is 7.16. The van der Waals surface area contributed by atoms with Crippen LogP contribution in [0.3, 0.4) is 0 Å². The number of carbonyl (C=O) groups is 1.